The molecule has 158 valence electrons. The minimum atomic E-state index is 0.0214. The molecule has 2 aliphatic rings. The average molecular weight is 405 g/mol. The van der Waals surface area contributed by atoms with Gasteiger partial charge in [-0.05, 0) is 49.3 Å². The third-order valence-corrected chi connectivity index (χ3v) is 6.94. The third-order valence-electron chi connectivity index (χ3n) is 6.94. The number of hydrogen-bond acceptors (Lipinski definition) is 2. The molecule has 4 rings (SSSR count). The minimum Gasteiger partial charge on any atom is -0.353 e. The lowest BCUT2D eigenvalue weighted by Crippen LogP contribution is -2.54. The van der Waals surface area contributed by atoms with E-state index in [1.54, 1.807) is 4.90 Å². The first kappa shape index (κ1) is 20.6. The number of carbonyl (C=O) groups is 2. The van der Waals surface area contributed by atoms with Crippen LogP contribution in [-0.2, 0) is 9.59 Å². The van der Waals surface area contributed by atoms with Gasteiger partial charge in [-0.1, -0.05) is 67.8 Å². The van der Waals surface area contributed by atoms with Crippen LogP contribution in [0.5, 0.6) is 0 Å². The van der Waals surface area contributed by atoms with E-state index < -0.39 is 0 Å². The molecule has 1 saturated heterocycles. The standard InChI is InChI=1S/C26H32N2O2/c29-19-28(21-13-5-2-6-14-21)18-10-9-16-23-25(20-11-3-1-4-12-20)22-15-7-8-17-24(22)27-26(23)30/h1-6,11-14,19,22-25H,7-10,15-18H2,(H,27,30)/t22-,23-,24+,25-/m0/s1. The van der Waals surface area contributed by atoms with Gasteiger partial charge in [0.1, 0.15) is 0 Å². The van der Waals surface area contributed by atoms with E-state index in [1.807, 2.05) is 30.3 Å². The summed E-state index contributed by atoms with van der Waals surface area (Å²) in [5.41, 5.74) is 2.24. The van der Waals surface area contributed by atoms with Crippen molar-refractivity contribution in [3.63, 3.8) is 0 Å². The van der Waals surface area contributed by atoms with E-state index in [-0.39, 0.29) is 11.8 Å². The van der Waals surface area contributed by atoms with E-state index in [0.29, 0.717) is 24.4 Å². The van der Waals surface area contributed by atoms with Crippen LogP contribution in [0.4, 0.5) is 5.69 Å². The zero-order chi connectivity index (χ0) is 20.8. The van der Waals surface area contributed by atoms with Gasteiger partial charge in [0.15, 0.2) is 0 Å². The number of benzene rings is 2. The van der Waals surface area contributed by atoms with Gasteiger partial charge in [-0.2, -0.15) is 0 Å². The molecule has 0 unspecified atom stereocenters. The van der Waals surface area contributed by atoms with Crippen LogP contribution >= 0.6 is 0 Å². The summed E-state index contributed by atoms with van der Waals surface area (Å²) in [6, 6.07) is 20.7. The number of amides is 2. The van der Waals surface area contributed by atoms with Crippen molar-refractivity contribution in [3.8, 4) is 0 Å². The molecule has 1 aliphatic carbocycles. The molecule has 1 heterocycles. The second-order valence-corrected chi connectivity index (χ2v) is 8.74. The fourth-order valence-electron chi connectivity index (χ4n) is 5.49. The summed E-state index contributed by atoms with van der Waals surface area (Å²) < 4.78 is 0. The summed E-state index contributed by atoms with van der Waals surface area (Å²) in [6.07, 6.45) is 8.40. The van der Waals surface area contributed by atoms with Gasteiger partial charge < -0.3 is 10.2 Å². The van der Waals surface area contributed by atoms with Crippen molar-refractivity contribution in [1.82, 2.24) is 5.32 Å². The summed E-state index contributed by atoms with van der Waals surface area (Å²) in [5, 5.41) is 3.35. The lowest BCUT2D eigenvalue weighted by Gasteiger charge is -2.46. The first-order valence-corrected chi connectivity index (χ1v) is 11.4. The van der Waals surface area contributed by atoms with Crippen molar-refractivity contribution >= 4 is 18.0 Å². The van der Waals surface area contributed by atoms with Crippen molar-refractivity contribution in [2.75, 3.05) is 11.4 Å². The molecule has 30 heavy (non-hydrogen) atoms. The maximum absolute atomic E-state index is 13.1. The van der Waals surface area contributed by atoms with Crippen molar-refractivity contribution in [1.29, 1.82) is 0 Å². The Morgan fingerprint density at radius 2 is 1.63 bits per heavy atom. The number of rotatable bonds is 8. The zero-order valence-corrected chi connectivity index (χ0v) is 17.6. The predicted molar refractivity (Wildman–Crippen MR) is 120 cm³/mol. The van der Waals surface area contributed by atoms with E-state index in [0.717, 1.165) is 37.8 Å². The fraction of sp³-hybridized carbons (Fsp3) is 0.462. The van der Waals surface area contributed by atoms with Gasteiger partial charge in [-0.15, -0.1) is 0 Å². The van der Waals surface area contributed by atoms with Crippen LogP contribution in [0.15, 0.2) is 60.7 Å². The Kier molecular flexibility index (Phi) is 6.83. The monoisotopic (exact) mass is 404 g/mol. The van der Waals surface area contributed by atoms with Crippen molar-refractivity contribution in [2.45, 2.75) is 56.9 Å². The highest BCUT2D eigenvalue weighted by molar-refractivity contribution is 5.81. The molecule has 2 aromatic carbocycles. The molecule has 2 fully saturated rings. The molecule has 4 atom stereocenters. The van der Waals surface area contributed by atoms with Crippen molar-refractivity contribution in [3.05, 3.63) is 66.2 Å². The molecule has 0 bridgehead atoms. The van der Waals surface area contributed by atoms with Crippen LogP contribution in [0, 0.1) is 11.8 Å². The largest absolute Gasteiger partial charge is 0.353 e. The number of nitrogens with one attached hydrogen (secondary N) is 1. The molecule has 1 N–H and O–H groups in total. The van der Waals surface area contributed by atoms with Crippen LogP contribution in [0.1, 0.15) is 56.4 Å². The molecular weight excluding hydrogens is 372 g/mol. The van der Waals surface area contributed by atoms with E-state index >= 15 is 0 Å². The smallest absolute Gasteiger partial charge is 0.223 e. The zero-order valence-electron chi connectivity index (χ0n) is 17.6. The highest BCUT2D eigenvalue weighted by atomic mass is 16.2. The van der Waals surface area contributed by atoms with Gasteiger partial charge in [0.2, 0.25) is 12.3 Å². The minimum absolute atomic E-state index is 0.0214. The topological polar surface area (TPSA) is 49.4 Å². The van der Waals surface area contributed by atoms with E-state index in [9.17, 15) is 9.59 Å². The molecule has 0 spiro atoms. The molecule has 2 aromatic rings. The van der Waals surface area contributed by atoms with E-state index in [2.05, 4.69) is 35.6 Å². The van der Waals surface area contributed by atoms with E-state index in [4.69, 9.17) is 0 Å². The Morgan fingerprint density at radius 1 is 0.933 bits per heavy atom. The average Bonchev–Trinajstić information content (AvgIpc) is 2.80. The molecule has 1 saturated carbocycles. The SMILES string of the molecule is O=CN(CCCC[C@@H]1C(=O)N[C@@H]2CCCC[C@@H]2[C@@H]1c1ccccc1)c1ccccc1. The number of anilines is 1. The lowest BCUT2D eigenvalue weighted by molar-refractivity contribution is -0.131. The molecule has 1 aliphatic heterocycles. The number of carbonyl (C=O) groups excluding carboxylic acids is 2. The summed E-state index contributed by atoms with van der Waals surface area (Å²) in [7, 11) is 0. The first-order chi connectivity index (χ1) is 14.8. The van der Waals surface area contributed by atoms with Gasteiger partial charge in [0.25, 0.3) is 0 Å². The number of piperidine rings is 1. The Morgan fingerprint density at radius 3 is 2.37 bits per heavy atom. The van der Waals surface area contributed by atoms with Gasteiger partial charge in [-0.3, -0.25) is 9.59 Å². The Bertz CT molecular complexity index is 823. The van der Waals surface area contributed by atoms with Crippen LogP contribution in [-0.4, -0.2) is 24.9 Å². The quantitative estimate of drug-likeness (QED) is 0.502. The Hall–Kier alpha value is -2.62. The number of fused-ring (bicyclic) bond motifs is 1. The normalized spacial score (nSPS) is 25.8. The number of para-hydroxylation sites is 1. The number of nitrogens with zero attached hydrogens (tertiary/aromatic N) is 1. The third kappa shape index (κ3) is 4.58. The fourth-order valence-corrected chi connectivity index (χ4v) is 5.49. The van der Waals surface area contributed by atoms with E-state index in [1.165, 1.54) is 24.8 Å². The summed E-state index contributed by atoms with van der Waals surface area (Å²) >= 11 is 0. The molecular formula is C26H32N2O2. The highest BCUT2D eigenvalue weighted by Gasteiger charge is 2.44. The molecule has 0 radical (unpaired) electrons. The predicted octanol–water partition coefficient (Wildman–Crippen LogP) is 4.91. The van der Waals surface area contributed by atoms with Gasteiger partial charge in [-0.25, -0.2) is 0 Å². The second kappa shape index (κ2) is 9.92. The van der Waals surface area contributed by atoms with Crippen LogP contribution in [0.3, 0.4) is 0 Å². The summed E-state index contributed by atoms with van der Waals surface area (Å²) in [4.78, 5) is 26.3. The molecule has 2 amide bonds. The lowest BCUT2D eigenvalue weighted by atomic mass is 9.65. The highest BCUT2D eigenvalue weighted by Crippen LogP contribution is 2.45. The summed E-state index contributed by atoms with van der Waals surface area (Å²) in [5.74, 6) is 1.09. The van der Waals surface area contributed by atoms with Crippen molar-refractivity contribution < 1.29 is 9.59 Å². The van der Waals surface area contributed by atoms with Gasteiger partial charge in [0, 0.05) is 30.1 Å². The molecule has 4 nitrogen and oxygen atoms in total. The van der Waals surface area contributed by atoms with Gasteiger partial charge >= 0.3 is 0 Å². The van der Waals surface area contributed by atoms with Gasteiger partial charge in [0.05, 0.1) is 0 Å². The first-order valence-electron chi connectivity index (χ1n) is 11.4. The van der Waals surface area contributed by atoms with Crippen LogP contribution < -0.4 is 10.2 Å². The second-order valence-electron chi connectivity index (χ2n) is 8.74. The Labute approximate surface area is 179 Å². The Balaban J connectivity index is 1.42. The molecule has 4 heteroatoms. The number of hydrogen-bond donors (Lipinski definition) is 1. The maximum atomic E-state index is 13.1. The molecule has 0 aromatic heterocycles. The number of unbranched alkanes of at least 4 members (excludes halogenated alkanes) is 1. The van der Waals surface area contributed by atoms with Crippen LogP contribution in [0.25, 0.3) is 0 Å². The summed E-state index contributed by atoms with van der Waals surface area (Å²) in [6.45, 7) is 0.684. The maximum Gasteiger partial charge on any atom is 0.223 e. The van der Waals surface area contributed by atoms with Crippen LogP contribution in [0.2, 0.25) is 0 Å². The van der Waals surface area contributed by atoms with Crippen molar-refractivity contribution in [2.24, 2.45) is 11.8 Å².